The smallest absolute Gasteiger partial charge is 0.219 e. The first-order valence-electron chi connectivity index (χ1n) is 5.70. The maximum Gasteiger partial charge on any atom is 0.219 e. The molecule has 2 heteroatoms. The molecule has 0 saturated heterocycles. The number of thioether (sulfide) groups is 1. The average Bonchev–Trinajstić information content (AvgIpc) is 2.35. The molecule has 1 rings (SSSR count). The molecule has 0 N–H and O–H groups in total. The predicted molar refractivity (Wildman–Crippen MR) is 71.9 cm³/mol. The second kappa shape index (κ2) is 7.29. The van der Waals surface area contributed by atoms with Crippen LogP contribution in [0.4, 0.5) is 0 Å². The first-order valence-corrected chi connectivity index (χ1v) is 6.58. The van der Waals surface area contributed by atoms with Crippen LogP contribution in [-0.4, -0.2) is 10.4 Å². The summed E-state index contributed by atoms with van der Waals surface area (Å²) < 4.78 is 0. The second-order valence-corrected chi connectivity index (χ2v) is 4.77. The van der Waals surface area contributed by atoms with Crippen LogP contribution in [0.2, 0.25) is 0 Å². The summed E-state index contributed by atoms with van der Waals surface area (Å²) in [6.07, 6.45) is 6.27. The Morgan fingerprint density at radius 2 is 2.00 bits per heavy atom. The number of allylic oxidation sites excluding steroid dienone is 1. The Morgan fingerprint density at radius 3 is 2.56 bits per heavy atom. The van der Waals surface area contributed by atoms with Gasteiger partial charge in [-0.25, -0.2) is 0 Å². The molecular formula is C14H18OS. The second-order valence-electron chi connectivity index (χ2n) is 3.55. The van der Waals surface area contributed by atoms with Crippen molar-refractivity contribution in [3.63, 3.8) is 0 Å². The summed E-state index contributed by atoms with van der Waals surface area (Å²) in [6, 6.07) is 9.46. The lowest BCUT2D eigenvalue weighted by atomic mass is 10.2. The quantitative estimate of drug-likeness (QED) is 0.706. The van der Waals surface area contributed by atoms with Crippen molar-refractivity contribution in [3.8, 4) is 0 Å². The van der Waals surface area contributed by atoms with Gasteiger partial charge in [-0.05, 0) is 12.8 Å². The van der Waals surface area contributed by atoms with Gasteiger partial charge in [-0.3, -0.25) is 4.79 Å². The Morgan fingerprint density at radius 1 is 1.31 bits per heavy atom. The van der Waals surface area contributed by atoms with Gasteiger partial charge in [-0.1, -0.05) is 68.1 Å². The third-order valence-corrected chi connectivity index (χ3v) is 3.50. The first kappa shape index (κ1) is 13.0. The molecule has 16 heavy (non-hydrogen) atoms. The molecule has 0 bridgehead atoms. The summed E-state index contributed by atoms with van der Waals surface area (Å²) in [5, 5.41) is 0.459. The molecule has 0 aliphatic carbocycles. The van der Waals surface area contributed by atoms with Gasteiger partial charge in [0.15, 0.2) is 0 Å². The number of hydrogen-bond donors (Lipinski definition) is 0. The lowest BCUT2D eigenvalue weighted by molar-refractivity contribution is 0.108. The standard InChI is InChI=1S/C14H18OS/c1-3-5-11-13(4-2)16-14(15)12-9-7-6-8-10-12/h5-11,13H,3-4H2,1-2H3/b11-5+/t13-/m1/s1. The topological polar surface area (TPSA) is 17.1 Å². The van der Waals surface area contributed by atoms with Crippen molar-refractivity contribution in [2.45, 2.75) is 31.9 Å². The van der Waals surface area contributed by atoms with E-state index in [4.69, 9.17) is 0 Å². The first-order chi connectivity index (χ1) is 7.77. The number of carbonyl (C=O) groups excluding carboxylic acids is 1. The fourth-order valence-electron chi connectivity index (χ4n) is 1.33. The van der Waals surface area contributed by atoms with Gasteiger partial charge in [-0.15, -0.1) is 0 Å². The van der Waals surface area contributed by atoms with E-state index in [0.29, 0.717) is 5.25 Å². The van der Waals surface area contributed by atoms with E-state index in [1.54, 1.807) is 0 Å². The van der Waals surface area contributed by atoms with Crippen LogP contribution in [-0.2, 0) is 0 Å². The summed E-state index contributed by atoms with van der Waals surface area (Å²) in [4.78, 5) is 11.9. The van der Waals surface area contributed by atoms with Crippen molar-refractivity contribution in [2.75, 3.05) is 0 Å². The van der Waals surface area contributed by atoms with Crippen LogP contribution in [0.1, 0.15) is 37.0 Å². The zero-order valence-electron chi connectivity index (χ0n) is 9.85. The number of carbonyl (C=O) groups is 1. The van der Waals surface area contributed by atoms with Crippen molar-refractivity contribution >= 4 is 16.9 Å². The van der Waals surface area contributed by atoms with Crippen molar-refractivity contribution in [2.24, 2.45) is 0 Å². The lowest BCUT2D eigenvalue weighted by Gasteiger charge is -2.08. The maximum absolute atomic E-state index is 11.9. The van der Waals surface area contributed by atoms with E-state index in [1.807, 2.05) is 30.3 Å². The summed E-state index contributed by atoms with van der Waals surface area (Å²) in [5.41, 5.74) is 0.788. The molecular weight excluding hydrogens is 216 g/mol. The SMILES string of the molecule is CC/C=C/[C@@H](CC)SC(=O)c1ccccc1. The highest BCUT2D eigenvalue weighted by molar-refractivity contribution is 8.14. The molecule has 1 aromatic carbocycles. The molecule has 0 fully saturated rings. The van der Waals surface area contributed by atoms with Gasteiger partial charge in [0.25, 0.3) is 0 Å². The highest BCUT2D eigenvalue weighted by Crippen LogP contribution is 2.21. The third kappa shape index (κ3) is 4.23. The third-order valence-electron chi connectivity index (χ3n) is 2.26. The molecule has 0 heterocycles. The molecule has 86 valence electrons. The zero-order valence-corrected chi connectivity index (χ0v) is 10.7. The van der Waals surface area contributed by atoms with E-state index < -0.39 is 0 Å². The molecule has 0 aliphatic heterocycles. The van der Waals surface area contributed by atoms with E-state index >= 15 is 0 Å². The van der Waals surface area contributed by atoms with Crippen molar-refractivity contribution in [1.29, 1.82) is 0 Å². The highest BCUT2D eigenvalue weighted by Gasteiger charge is 2.11. The van der Waals surface area contributed by atoms with Crippen molar-refractivity contribution in [3.05, 3.63) is 48.0 Å². The normalized spacial score (nSPS) is 12.9. The number of rotatable bonds is 5. The van der Waals surface area contributed by atoms with Gasteiger partial charge in [-0.2, -0.15) is 0 Å². The fraction of sp³-hybridized carbons (Fsp3) is 0.357. The molecule has 0 saturated carbocycles. The van der Waals surface area contributed by atoms with Gasteiger partial charge < -0.3 is 0 Å². The number of hydrogen-bond acceptors (Lipinski definition) is 2. The molecule has 0 aliphatic rings. The molecule has 1 atom stereocenters. The summed E-state index contributed by atoms with van der Waals surface area (Å²) in [7, 11) is 0. The number of benzene rings is 1. The van der Waals surface area contributed by atoms with Gasteiger partial charge in [0.1, 0.15) is 0 Å². The van der Waals surface area contributed by atoms with Crippen molar-refractivity contribution in [1.82, 2.24) is 0 Å². The highest BCUT2D eigenvalue weighted by atomic mass is 32.2. The summed E-state index contributed by atoms with van der Waals surface area (Å²) >= 11 is 1.41. The molecule has 1 aromatic rings. The van der Waals surface area contributed by atoms with Crippen LogP contribution in [0, 0.1) is 0 Å². The monoisotopic (exact) mass is 234 g/mol. The minimum Gasteiger partial charge on any atom is -0.282 e. The molecule has 0 radical (unpaired) electrons. The van der Waals surface area contributed by atoms with E-state index in [2.05, 4.69) is 26.0 Å². The predicted octanol–water partition coefficient (Wildman–Crippen LogP) is 4.30. The Bertz CT molecular complexity index is 343. The van der Waals surface area contributed by atoms with E-state index in [-0.39, 0.29) is 5.12 Å². The van der Waals surface area contributed by atoms with E-state index in [9.17, 15) is 4.79 Å². The Balaban J connectivity index is 2.59. The fourth-order valence-corrected chi connectivity index (χ4v) is 2.23. The van der Waals surface area contributed by atoms with Gasteiger partial charge >= 0.3 is 0 Å². The molecule has 0 unspecified atom stereocenters. The van der Waals surface area contributed by atoms with Crippen LogP contribution in [0.5, 0.6) is 0 Å². The largest absolute Gasteiger partial charge is 0.282 e. The van der Waals surface area contributed by atoms with E-state index in [1.165, 1.54) is 11.8 Å². The van der Waals surface area contributed by atoms with Gasteiger partial charge in [0.05, 0.1) is 0 Å². The Hall–Kier alpha value is -1.02. The van der Waals surface area contributed by atoms with Crippen molar-refractivity contribution < 1.29 is 4.79 Å². The zero-order chi connectivity index (χ0) is 11.8. The summed E-state index contributed by atoms with van der Waals surface area (Å²) in [5.74, 6) is 0. The van der Waals surface area contributed by atoms with E-state index in [0.717, 1.165) is 18.4 Å². The molecule has 0 spiro atoms. The molecule has 0 amide bonds. The van der Waals surface area contributed by atoms with Crippen LogP contribution < -0.4 is 0 Å². The van der Waals surface area contributed by atoms with Crippen LogP contribution in [0.15, 0.2) is 42.5 Å². The van der Waals surface area contributed by atoms with Gasteiger partial charge in [0, 0.05) is 10.8 Å². The Kier molecular flexibility index (Phi) is 5.94. The van der Waals surface area contributed by atoms with Crippen LogP contribution >= 0.6 is 11.8 Å². The molecule has 0 aromatic heterocycles. The minimum absolute atomic E-state index is 0.160. The van der Waals surface area contributed by atoms with Gasteiger partial charge in [0.2, 0.25) is 5.12 Å². The maximum atomic E-state index is 11.9. The summed E-state index contributed by atoms with van der Waals surface area (Å²) in [6.45, 7) is 4.21. The average molecular weight is 234 g/mol. The van der Waals surface area contributed by atoms with Crippen LogP contribution in [0.3, 0.4) is 0 Å². The minimum atomic E-state index is 0.160. The Labute approximate surface area is 102 Å². The van der Waals surface area contributed by atoms with Crippen LogP contribution in [0.25, 0.3) is 0 Å². The lowest BCUT2D eigenvalue weighted by Crippen LogP contribution is -2.02. The molecule has 1 nitrogen and oxygen atoms in total.